The first-order chi connectivity index (χ1) is 14.9. The van der Waals surface area contributed by atoms with Crippen LogP contribution in [-0.2, 0) is 16.1 Å². The van der Waals surface area contributed by atoms with Gasteiger partial charge in [0.15, 0.2) is 10.8 Å². The van der Waals surface area contributed by atoms with Gasteiger partial charge in [0, 0.05) is 37.4 Å². The highest BCUT2D eigenvalue weighted by Crippen LogP contribution is 2.34. The smallest absolute Gasteiger partial charge is 0.413 e. The molecule has 0 aromatic carbocycles. The average Bonchev–Trinajstić information content (AvgIpc) is 3.25. The Balaban J connectivity index is 1.51. The van der Waals surface area contributed by atoms with Crippen LogP contribution in [0, 0.1) is 0 Å². The highest BCUT2D eigenvalue weighted by Gasteiger charge is 2.36. The third-order valence-electron chi connectivity index (χ3n) is 5.10. The van der Waals surface area contributed by atoms with Crippen LogP contribution in [0.2, 0.25) is 0 Å². The van der Waals surface area contributed by atoms with Crippen LogP contribution in [-0.4, -0.2) is 59.4 Å². The molecular weight excluding hydrogens is 435 g/mol. The number of hydrogen-bond donors (Lipinski definition) is 1. The van der Waals surface area contributed by atoms with Crippen molar-refractivity contribution in [3.8, 4) is 10.8 Å². The van der Waals surface area contributed by atoms with Crippen LogP contribution in [0.4, 0.5) is 29.6 Å². The molecular formula is C19H22F3N5O3S. The second-order valence-corrected chi connectivity index (χ2v) is 8.26. The minimum atomic E-state index is -2.70. The summed E-state index contributed by atoms with van der Waals surface area (Å²) < 4.78 is 50.2. The normalized spacial score (nSPS) is 19.3. The van der Waals surface area contributed by atoms with E-state index < -0.39 is 24.8 Å². The predicted molar refractivity (Wildman–Crippen MR) is 108 cm³/mol. The lowest BCUT2D eigenvalue weighted by atomic mass is 9.94. The van der Waals surface area contributed by atoms with E-state index >= 15 is 0 Å². The van der Waals surface area contributed by atoms with E-state index in [2.05, 4.69) is 20.3 Å². The quantitative estimate of drug-likeness (QED) is 0.725. The van der Waals surface area contributed by atoms with Gasteiger partial charge in [-0.3, -0.25) is 5.32 Å². The SMILES string of the molecule is O=C(Nc1cc(N2CCOCC2)nc(-c2nc(CF)cs2)n1)OC1CCC(F)(F)CC1. The third kappa shape index (κ3) is 5.62. The average molecular weight is 457 g/mol. The van der Waals surface area contributed by atoms with Gasteiger partial charge in [-0.1, -0.05) is 0 Å². The van der Waals surface area contributed by atoms with E-state index in [0.717, 1.165) is 0 Å². The maximum Gasteiger partial charge on any atom is 0.413 e. The van der Waals surface area contributed by atoms with Crippen molar-refractivity contribution in [3.63, 3.8) is 0 Å². The summed E-state index contributed by atoms with van der Waals surface area (Å²) in [5.74, 6) is -1.69. The summed E-state index contributed by atoms with van der Waals surface area (Å²) in [6, 6.07) is 1.61. The zero-order valence-electron chi connectivity index (χ0n) is 16.7. The molecule has 0 bridgehead atoms. The van der Waals surface area contributed by atoms with Gasteiger partial charge in [0.25, 0.3) is 0 Å². The van der Waals surface area contributed by atoms with Crippen molar-refractivity contribution in [1.29, 1.82) is 0 Å². The number of alkyl halides is 3. The molecule has 1 amide bonds. The highest BCUT2D eigenvalue weighted by molar-refractivity contribution is 7.13. The van der Waals surface area contributed by atoms with E-state index in [-0.39, 0.29) is 43.0 Å². The van der Waals surface area contributed by atoms with Gasteiger partial charge < -0.3 is 14.4 Å². The number of rotatable bonds is 5. The highest BCUT2D eigenvalue weighted by atomic mass is 32.1. The number of morpholine rings is 1. The molecule has 0 radical (unpaired) electrons. The van der Waals surface area contributed by atoms with Crippen molar-refractivity contribution in [2.24, 2.45) is 0 Å². The van der Waals surface area contributed by atoms with Crippen LogP contribution in [0.1, 0.15) is 31.4 Å². The van der Waals surface area contributed by atoms with Gasteiger partial charge in [0.2, 0.25) is 5.92 Å². The monoisotopic (exact) mass is 457 g/mol. The zero-order valence-corrected chi connectivity index (χ0v) is 17.5. The number of anilines is 2. The van der Waals surface area contributed by atoms with Gasteiger partial charge >= 0.3 is 6.09 Å². The fraction of sp³-hybridized carbons (Fsp3) is 0.579. The Bertz CT molecular complexity index is 913. The van der Waals surface area contributed by atoms with Crippen molar-refractivity contribution in [3.05, 3.63) is 17.1 Å². The number of amides is 1. The van der Waals surface area contributed by atoms with Crippen LogP contribution in [0.3, 0.4) is 0 Å². The van der Waals surface area contributed by atoms with E-state index in [1.807, 2.05) is 4.90 Å². The van der Waals surface area contributed by atoms with Crippen molar-refractivity contribution >= 4 is 29.1 Å². The maximum atomic E-state index is 13.3. The van der Waals surface area contributed by atoms with E-state index in [9.17, 15) is 18.0 Å². The Labute approximate surface area is 180 Å². The van der Waals surface area contributed by atoms with Crippen LogP contribution in [0.25, 0.3) is 10.8 Å². The van der Waals surface area contributed by atoms with Gasteiger partial charge in [-0.05, 0) is 12.8 Å². The summed E-state index contributed by atoms with van der Waals surface area (Å²) in [5.41, 5.74) is 0.281. The standard InChI is InChI=1S/C19H22F3N5O3S/c20-10-12-11-31-17(23-12)16-24-14(9-15(26-16)27-5-7-29-8-6-27)25-18(28)30-13-1-3-19(21,22)4-2-13/h9,11,13H,1-8,10H2,(H,24,25,26,28). The molecule has 0 unspecified atom stereocenters. The van der Waals surface area contributed by atoms with Crippen LogP contribution < -0.4 is 10.2 Å². The lowest BCUT2D eigenvalue weighted by Crippen LogP contribution is -2.37. The number of thiazole rings is 1. The number of carbonyl (C=O) groups excluding carboxylic acids is 1. The summed E-state index contributed by atoms with van der Waals surface area (Å²) in [6.45, 7) is 1.62. The minimum absolute atomic E-state index is 0.111. The Morgan fingerprint density at radius 1 is 1.26 bits per heavy atom. The van der Waals surface area contributed by atoms with Crippen LogP contribution >= 0.6 is 11.3 Å². The molecule has 31 heavy (non-hydrogen) atoms. The number of nitrogens with one attached hydrogen (secondary N) is 1. The van der Waals surface area contributed by atoms with Gasteiger partial charge in [0.1, 0.15) is 24.4 Å². The fourth-order valence-corrected chi connectivity index (χ4v) is 4.17. The number of carbonyl (C=O) groups is 1. The summed E-state index contributed by atoms with van der Waals surface area (Å²) in [4.78, 5) is 27.4. The van der Waals surface area contributed by atoms with Gasteiger partial charge in [-0.15, -0.1) is 11.3 Å². The first-order valence-corrected chi connectivity index (χ1v) is 10.9. The van der Waals surface area contributed by atoms with E-state index in [1.54, 1.807) is 11.4 Å². The van der Waals surface area contributed by atoms with Gasteiger partial charge in [0.05, 0.1) is 18.9 Å². The molecule has 1 N–H and O–H groups in total. The zero-order chi connectivity index (χ0) is 21.8. The summed E-state index contributed by atoms with van der Waals surface area (Å²) in [5, 5.41) is 4.57. The molecule has 8 nitrogen and oxygen atoms in total. The topological polar surface area (TPSA) is 89.5 Å². The largest absolute Gasteiger partial charge is 0.446 e. The van der Waals surface area contributed by atoms with Crippen molar-refractivity contribution in [1.82, 2.24) is 15.0 Å². The summed E-state index contributed by atoms with van der Waals surface area (Å²) in [6.07, 6.45) is -1.71. The Morgan fingerprint density at radius 3 is 2.68 bits per heavy atom. The first-order valence-electron chi connectivity index (χ1n) is 10.00. The Kier molecular flexibility index (Phi) is 6.56. The second-order valence-electron chi connectivity index (χ2n) is 7.40. The lowest BCUT2D eigenvalue weighted by molar-refractivity contribution is -0.0642. The van der Waals surface area contributed by atoms with Gasteiger partial charge in [-0.2, -0.15) is 0 Å². The molecule has 2 aliphatic rings. The fourth-order valence-electron chi connectivity index (χ4n) is 3.44. The molecule has 0 spiro atoms. The molecule has 1 aliphatic carbocycles. The van der Waals surface area contributed by atoms with Crippen LogP contribution in [0.5, 0.6) is 0 Å². The lowest BCUT2D eigenvalue weighted by Gasteiger charge is -2.28. The number of hydrogen-bond acceptors (Lipinski definition) is 8. The molecule has 3 heterocycles. The molecule has 0 atom stereocenters. The molecule has 12 heteroatoms. The molecule has 2 aromatic rings. The number of aromatic nitrogens is 3. The Hall–Kier alpha value is -2.47. The maximum absolute atomic E-state index is 13.3. The first kappa shape index (κ1) is 21.8. The van der Waals surface area contributed by atoms with E-state index in [0.29, 0.717) is 37.1 Å². The number of ether oxygens (including phenoxy) is 2. The Morgan fingerprint density at radius 2 is 2.00 bits per heavy atom. The minimum Gasteiger partial charge on any atom is -0.446 e. The summed E-state index contributed by atoms with van der Waals surface area (Å²) in [7, 11) is 0. The molecule has 1 saturated heterocycles. The number of halogens is 3. The molecule has 168 valence electrons. The second kappa shape index (κ2) is 9.35. The third-order valence-corrected chi connectivity index (χ3v) is 5.98. The predicted octanol–water partition coefficient (Wildman–Crippen LogP) is 4.03. The van der Waals surface area contributed by atoms with Crippen molar-refractivity contribution < 1.29 is 27.4 Å². The van der Waals surface area contributed by atoms with Crippen molar-refractivity contribution in [2.75, 3.05) is 36.5 Å². The number of nitrogens with zero attached hydrogens (tertiary/aromatic N) is 4. The molecule has 2 fully saturated rings. The summed E-state index contributed by atoms with van der Waals surface area (Å²) >= 11 is 1.20. The molecule has 1 aliphatic heterocycles. The van der Waals surface area contributed by atoms with Gasteiger partial charge in [-0.25, -0.2) is 32.9 Å². The van der Waals surface area contributed by atoms with E-state index in [4.69, 9.17) is 9.47 Å². The molecule has 1 saturated carbocycles. The van der Waals surface area contributed by atoms with Crippen LogP contribution in [0.15, 0.2) is 11.4 Å². The molecule has 2 aromatic heterocycles. The molecule has 4 rings (SSSR count). The van der Waals surface area contributed by atoms with E-state index in [1.165, 1.54) is 11.3 Å². The van der Waals surface area contributed by atoms with Crippen molar-refractivity contribution in [2.45, 2.75) is 44.4 Å².